The predicted molar refractivity (Wildman–Crippen MR) is 86.3 cm³/mol. The number of aromatic nitrogens is 4. The van der Waals surface area contributed by atoms with E-state index < -0.39 is 5.97 Å². The van der Waals surface area contributed by atoms with E-state index in [9.17, 15) is 9.59 Å². The number of nitrogens with zero attached hydrogens (tertiary/aromatic N) is 5. The van der Waals surface area contributed by atoms with Crippen molar-refractivity contribution in [1.82, 2.24) is 24.5 Å². The molecule has 0 atom stereocenters. The summed E-state index contributed by atoms with van der Waals surface area (Å²) in [5.41, 5.74) is 1.21. The molecule has 0 unspecified atom stereocenters. The SMILES string of the molecule is Cc1c(Cl)c(C(=O)N2CCC(n3cc(C(=O)O)cn3)CC2)nn1C. The number of carboxylic acid groups (broad SMARTS) is 1. The minimum absolute atomic E-state index is 0.0862. The van der Waals surface area contributed by atoms with Crippen LogP contribution in [0.25, 0.3) is 0 Å². The lowest BCUT2D eigenvalue weighted by Gasteiger charge is -2.31. The minimum Gasteiger partial charge on any atom is -0.478 e. The molecule has 0 saturated carbocycles. The number of aryl methyl sites for hydroxylation is 1. The van der Waals surface area contributed by atoms with Crippen molar-refractivity contribution in [2.24, 2.45) is 7.05 Å². The summed E-state index contributed by atoms with van der Waals surface area (Å²) in [5, 5.41) is 17.7. The van der Waals surface area contributed by atoms with Gasteiger partial charge in [-0.1, -0.05) is 11.6 Å². The lowest BCUT2D eigenvalue weighted by molar-refractivity contribution is 0.0682. The average Bonchev–Trinajstić information content (AvgIpc) is 3.16. The third kappa shape index (κ3) is 2.89. The zero-order valence-corrected chi connectivity index (χ0v) is 14.2. The maximum absolute atomic E-state index is 12.6. The Hall–Kier alpha value is -2.35. The molecular weight excluding hydrogens is 334 g/mol. The number of likely N-dealkylation sites (tertiary alicyclic amines) is 1. The molecule has 1 amide bonds. The van der Waals surface area contributed by atoms with Crippen molar-refractivity contribution in [3.8, 4) is 0 Å². The van der Waals surface area contributed by atoms with Crippen LogP contribution in [0.4, 0.5) is 0 Å². The Kier molecular flexibility index (Phi) is 4.31. The highest BCUT2D eigenvalue weighted by Crippen LogP contribution is 2.26. The van der Waals surface area contributed by atoms with Crippen molar-refractivity contribution in [3.63, 3.8) is 0 Å². The topological polar surface area (TPSA) is 93.2 Å². The number of halogens is 1. The molecule has 2 aromatic rings. The Balaban J connectivity index is 1.67. The molecule has 1 N–H and O–H groups in total. The van der Waals surface area contributed by atoms with Gasteiger partial charge in [-0.3, -0.25) is 14.2 Å². The molecule has 9 heteroatoms. The summed E-state index contributed by atoms with van der Waals surface area (Å²) in [6.07, 6.45) is 4.28. The standard InChI is InChI=1S/C15H18ClN5O3/c1-9-12(16)13(18-19(9)2)14(22)20-5-3-11(4-6-20)21-8-10(7-17-21)15(23)24/h7-8,11H,3-6H2,1-2H3,(H,23,24). The highest BCUT2D eigenvalue weighted by molar-refractivity contribution is 6.34. The van der Waals surface area contributed by atoms with Crippen molar-refractivity contribution in [1.29, 1.82) is 0 Å². The largest absolute Gasteiger partial charge is 0.478 e. The summed E-state index contributed by atoms with van der Waals surface area (Å²) in [5.74, 6) is -1.16. The third-order valence-corrected chi connectivity index (χ3v) is 4.89. The summed E-state index contributed by atoms with van der Waals surface area (Å²) in [6, 6.07) is 0.0862. The molecule has 0 aliphatic carbocycles. The number of piperidine rings is 1. The molecule has 0 radical (unpaired) electrons. The Morgan fingerprint density at radius 2 is 2.00 bits per heavy atom. The van der Waals surface area contributed by atoms with Gasteiger partial charge in [-0.2, -0.15) is 10.2 Å². The number of rotatable bonds is 3. The summed E-state index contributed by atoms with van der Waals surface area (Å²) >= 11 is 6.18. The van der Waals surface area contributed by atoms with Crippen LogP contribution in [0.2, 0.25) is 5.02 Å². The maximum Gasteiger partial charge on any atom is 0.338 e. The first-order valence-electron chi connectivity index (χ1n) is 7.64. The molecule has 0 spiro atoms. The first-order valence-corrected chi connectivity index (χ1v) is 8.02. The molecule has 128 valence electrons. The fraction of sp³-hybridized carbons (Fsp3) is 0.467. The van der Waals surface area contributed by atoms with E-state index in [0.29, 0.717) is 31.0 Å². The van der Waals surface area contributed by atoms with E-state index in [-0.39, 0.29) is 23.2 Å². The van der Waals surface area contributed by atoms with Gasteiger partial charge < -0.3 is 10.0 Å². The summed E-state index contributed by atoms with van der Waals surface area (Å²) in [7, 11) is 1.75. The Morgan fingerprint density at radius 1 is 1.33 bits per heavy atom. The third-order valence-electron chi connectivity index (χ3n) is 4.44. The monoisotopic (exact) mass is 351 g/mol. The average molecular weight is 352 g/mol. The van der Waals surface area contributed by atoms with Crippen LogP contribution in [0.3, 0.4) is 0 Å². The van der Waals surface area contributed by atoms with Gasteiger partial charge in [0.2, 0.25) is 0 Å². The van der Waals surface area contributed by atoms with Crippen molar-refractivity contribution >= 4 is 23.5 Å². The highest BCUT2D eigenvalue weighted by Gasteiger charge is 2.28. The molecule has 0 bridgehead atoms. The van der Waals surface area contributed by atoms with Gasteiger partial charge in [0.1, 0.15) is 0 Å². The number of hydrogen-bond acceptors (Lipinski definition) is 4. The van der Waals surface area contributed by atoms with E-state index in [4.69, 9.17) is 16.7 Å². The molecule has 2 aromatic heterocycles. The normalized spacial score (nSPS) is 15.7. The molecule has 3 heterocycles. The molecule has 1 fully saturated rings. The van der Waals surface area contributed by atoms with Crippen LogP contribution in [0, 0.1) is 6.92 Å². The second kappa shape index (κ2) is 6.27. The number of amides is 1. The van der Waals surface area contributed by atoms with Crippen molar-refractivity contribution in [2.45, 2.75) is 25.8 Å². The van der Waals surface area contributed by atoms with Gasteiger partial charge in [0.05, 0.1) is 28.5 Å². The van der Waals surface area contributed by atoms with Gasteiger partial charge in [0, 0.05) is 26.3 Å². The fourth-order valence-corrected chi connectivity index (χ4v) is 3.09. The molecule has 1 aliphatic heterocycles. The van der Waals surface area contributed by atoms with Gasteiger partial charge in [-0.25, -0.2) is 4.79 Å². The maximum atomic E-state index is 12.6. The van der Waals surface area contributed by atoms with Crippen LogP contribution in [-0.2, 0) is 7.05 Å². The zero-order valence-electron chi connectivity index (χ0n) is 13.4. The van der Waals surface area contributed by atoms with E-state index >= 15 is 0 Å². The number of hydrogen-bond donors (Lipinski definition) is 1. The zero-order chi connectivity index (χ0) is 17.4. The summed E-state index contributed by atoms with van der Waals surface area (Å²) in [6.45, 7) is 2.92. The predicted octanol–water partition coefficient (Wildman–Crippen LogP) is 1.75. The fourth-order valence-electron chi connectivity index (χ4n) is 2.85. The Labute approximate surface area is 143 Å². The second-order valence-corrected chi connectivity index (χ2v) is 6.29. The van der Waals surface area contributed by atoms with Gasteiger partial charge in [-0.15, -0.1) is 0 Å². The van der Waals surface area contributed by atoms with Gasteiger partial charge in [0.25, 0.3) is 5.91 Å². The van der Waals surface area contributed by atoms with E-state index in [2.05, 4.69) is 10.2 Å². The lowest BCUT2D eigenvalue weighted by atomic mass is 10.0. The van der Waals surface area contributed by atoms with E-state index in [0.717, 1.165) is 5.69 Å². The second-order valence-electron chi connectivity index (χ2n) is 5.91. The summed E-state index contributed by atoms with van der Waals surface area (Å²) in [4.78, 5) is 25.2. The van der Waals surface area contributed by atoms with Crippen LogP contribution in [0.15, 0.2) is 12.4 Å². The smallest absolute Gasteiger partial charge is 0.338 e. The van der Waals surface area contributed by atoms with Crippen molar-refractivity contribution < 1.29 is 14.7 Å². The lowest BCUT2D eigenvalue weighted by Crippen LogP contribution is -2.39. The van der Waals surface area contributed by atoms with Crippen molar-refractivity contribution in [2.75, 3.05) is 13.1 Å². The molecule has 0 aromatic carbocycles. The Bertz CT molecular complexity index is 789. The highest BCUT2D eigenvalue weighted by atomic mass is 35.5. The summed E-state index contributed by atoms with van der Waals surface area (Å²) < 4.78 is 3.27. The molecule has 1 saturated heterocycles. The van der Waals surface area contributed by atoms with Crippen molar-refractivity contribution in [3.05, 3.63) is 34.4 Å². The van der Waals surface area contributed by atoms with Crippen LogP contribution < -0.4 is 0 Å². The van der Waals surface area contributed by atoms with E-state index in [1.807, 2.05) is 6.92 Å². The van der Waals surface area contributed by atoms with E-state index in [1.165, 1.54) is 12.4 Å². The number of aromatic carboxylic acids is 1. The molecule has 1 aliphatic rings. The van der Waals surface area contributed by atoms with Crippen LogP contribution in [-0.4, -0.2) is 54.5 Å². The van der Waals surface area contributed by atoms with Gasteiger partial charge >= 0.3 is 5.97 Å². The first kappa shape index (κ1) is 16.5. The number of carbonyl (C=O) groups is 2. The van der Waals surface area contributed by atoms with Gasteiger partial charge in [-0.05, 0) is 19.8 Å². The molecule has 8 nitrogen and oxygen atoms in total. The molecular formula is C15H18ClN5O3. The van der Waals surface area contributed by atoms with Crippen LogP contribution >= 0.6 is 11.6 Å². The molecule has 3 rings (SSSR count). The number of carboxylic acids is 1. The number of carbonyl (C=O) groups excluding carboxylic acids is 1. The van der Waals surface area contributed by atoms with Crippen LogP contribution in [0.5, 0.6) is 0 Å². The van der Waals surface area contributed by atoms with Gasteiger partial charge in [0.15, 0.2) is 5.69 Å². The molecule has 24 heavy (non-hydrogen) atoms. The quantitative estimate of drug-likeness (QED) is 0.909. The minimum atomic E-state index is -0.992. The first-order chi connectivity index (χ1) is 11.4. The Morgan fingerprint density at radius 3 is 2.50 bits per heavy atom. The van der Waals surface area contributed by atoms with E-state index in [1.54, 1.807) is 21.3 Å². The van der Waals surface area contributed by atoms with Crippen LogP contribution in [0.1, 0.15) is 45.4 Å².